The summed E-state index contributed by atoms with van der Waals surface area (Å²) in [5.74, 6) is 0. The lowest BCUT2D eigenvalue weighted by atomic mass is 10.1. The van der Waals surface area contributed by atoms with Crippen LogP contribution < -0.4 is 4.72 Å². The largest absolute Gasteiger partial charge is 0.278 e. The maximum atomic E-state index is 12.4. The third-order valence-electron chi connectivity index (χ3n) is 2.81. The van der Waals surface area contributed by atoms with Crippen molar-refractivity contribution in [3.8, 4) is 6.07 Å². The zero-order valence-corrected chi connectivity index (χ0v) is 13.2. The number of hydrogen-bond donors (Lipinski definition) is 1. The van der Waals surface area contributed by atoms with Gasteiger partial charge >= 0.3 is 0 Å². The van der Waals surface area contributed by atoms with Gasteiger partial charge in [-0.1, -0.05) is 35.3 Å². The number of halogens is 2. The summed E-state index contributed by atoms with van der Waals surface area (Å²) in [5, 5.41) is 9.44. The predicted octanol–water partition coefficient (Wildman–Crippen LogP) is 3.97. The van der Waals surface area contributed by atoms with Crippen LogP contribution in [0.2, 0.25) is 10.0 Å². The van der Waals surface area contributed by atoms with E-state index in [0.717, 1.165) is 0 Å². The zero-order valence-electron chi connectivity index (χ0n) is 10.9. The van der Waals surface area contributed by atoms with Gasteiger partial charge in [0.25, 0.3) is 10.0 Å². The molecule has 2 rings (SSSR count). The molecule has 0 aliphatic carbocycles. The SMILES string of the molecule is Cc1cccc(NS(=O)(=O)c2cc(Cl)ccc2Cl)c1C#N. The van der Waals surface area contributed by atoms with Crippen LogP contribution in [0.1, 0.15) is 11.1 Å². The van der Waals surface area contributed by atoms with Gasteiger partial charge in [-0.05, 0) is 36.8 Å². The Morgan fingerprint density at radius 1 is 1.19 bits per heavy atom. The van der Waals surface area contributed by atoms with Crippen LogP contribution in [-0.2, 0) is 10.0 Å². The number of nitriles is 1. The number of anilines is 1. The normalized spacial score (nSPS) is 11.0. The summed E-state index contributed by atoms with van der Waals surface area (Å²) in [4.78, 5) is -0.137. The van der Waals surface area contributed by atoms with E-state index in [0.29, 0.717) is 5.56 Å². The van der Waals surface area contributed by atoms with Gasteiger partial charge in [-0.3, -0.25) is 4.72 Å². The van der Waals surface area contributed by atoms with E-state index >= 15 is 0 Å². The first kappa shape index (κ1) is 15.6. The average molecular weight is 341 g/mol. The summed E-state index contributed by atoms with van der Waals surface area (Å²) in [6, 6.07) is 11.0. The van der Waals surface area contributed by atoms with Gasteiger partial charge in [-0.2, -0.15) is 5.26 Å². The third kappa shape index (κ3) is 3.30. The van der Waals surface area contributed by atoms with Crippen LogP contribution >= 0.6 is 23.2 Å². The lowest BCUT2D eigenvalue weighted by Gasteiger charge is -2.12. The Labute approximate surface area is 133 Å². The molecule has 0 atom stereocenters. The topological polar surface area (TPSA) is 70.0 Å². The molecule has 0 bridgehead atoms. The number of nitrogens with one attached hydrogen (secondary N) is 1. The molecule has 0 fully saturated rings. The van der Waals surface area contributed by atoms with Crippen LogP contribution in [-0.4, -0.2) is 8.42 Å². The van der Waals surface area contributed by atoms with Crippen LogP contribution in [0.25, 0.3) is 0 Å². The van der Waals surface area contributed by atoms with Crippen LogP contribution in [0.4, 0.5) is 5.69 Å². The number of sulfonamides is 1. The quantitative estimate of drug-likeness (QED) is 0.918. The van der Waals surface area contributed by atoms with E-state index in [1.54, 1.807) is 19.1 Å². The fraction of sp³-hybridized carbons (Fsp3) is 0.0714. The van der Waals surface area contributed by atoms with Crippen molar-refractivity contribution in [2.24, 2.45) is 0 Å². The van der Waals surface area contributed by atoms with Gasteiger partial charge in [0.2, 0.25) is 0 Å². The van der Waals surface area contributed by atoms with Crippen molar-refractivity contribution < 1.29 is 8.42 Å². The van der Waals surface area contributed by atoms with Gasteiger partial charge in [0.15, 0.2) is 0 Å². The highest BCUT2D eigenvalue weighted by atomic mass is 35.5. The molecule has 0 spiro atoms. The summed E-state index contributed by atoms with van der Waals surface area (Å²) in [5.41, 5.74) is 1.14. The monoisotopic (exact) mass is 340 g/mol. The lowest BCUT2D eigenvalue weighted by Crippen LogP contribution is -2.14. The maximum absolute atomic E-state index is 12.4. The highest BCUT2D eigenvalue weighted by Gasteiger charge is 2.20. The Bertz CT molecular complexity index is 843. The van der Waals surface area contributed by atoms with E-state index in [-0.39, 0.29) is 26.2 Å². The summed E-state index contributed by atoms with van der Waals surface area (Å²) in [6.07, 6.45) is 0. The molecule has 2 aromatic rings. The van der Waals surface area contributed by atoms with Crippen molar-refractivity contribution in [3.63, 3.8) is 0 Å². The molecule has 4 nitrogen and oxygen atoms in total. The van der Waals surface area contributed by atoms with Gasteiger partial charge in [-0.25, -0.2) is 8.42 Å². The standard InChI is InChI=1S/C14H10Cl2N2O2S/c1-9-3-2-4-13(11(9)8-17)18-21(19,20)14-7-10(15)5-6-12(14)16/h2-7,18H,1H3. The minimum atomic E-state index is -3.93. The molecule has 0 saturated heterocycles. The molecule has 0 aliphatic rings. The number of benzene rings is 2. The van der Waals surface area contributed by atoms with E-state index in [9.17, 15) is 8.42 Å². The molecule has 2 aromatic carbocycles. The molecule has 0 amide bonds. The molecule has 7 heteroatoms. The summed E-state index contributed by atoms with van der Waals surface area (Å²) in [7, 11) is -3.93. The molecule has 108 valence electrons. The van der Waals surface area contributed by atoms with Crippen LogP contribution in [0, 0.1) is 18.3 Å². The van der Waals surface area contributed by atoms with E-state index in [4.69, 9.17) is 28.5 Å². The van der Waals surface area contributed by atoms with Crippen molar-refractivity contribution >= 4 is 38.9 Å². The number of nitrogens with zero attached hydrogens (tertiary/aromatic N) is 1. The Balaban J connectivity index is 2.51. The molecule has 0 saturated carbocycles. The second-order valence-electron chi connectivity index (χ2n) is 4.29. The second kappa shape index (κ2) is 5.94. The molecule has 0 aromatic heterocycles. The van der Waals surface area contributed by atoms with Crippen molar-refractivity contribution in [1.82, 2.24) is 0 Å². The summed E-state index contributed by atoms with van der Waals surface area (Å²) >= 11 is 11.7. The fourth-order valence-electron chi connectivity index (χ4n) is 1.78. The highest BCUT2D eigenvalue weighted by Crippen LogP contribution is 2.28. The maximum Gasteiger partial charge on any atom is 0.263 e. The molecular formula is C14H10Cl2N2O2S. The Hall–Kier alpha value is -1.74. The Morgan fingerprint density at radius 2 is 1.90 bits per heavy atom. The lowest BCUT2D eigenvalue weighted by molar-refractivity contribution is 0.601. The summed E-state index contributed by atoms with van der Waals surface area (Å²) < 4.78 is 27.2. The molecular weight excluding hydrogens is 331 g/mol. The van der Waals surface area contributed by atoms with Crippen LogP contribution in [0.15, 0.2) is 41.3 Å². The van der Waals surface area contributed by atoms with Crippen molar-refractivity contribution in [1.29, 1.82) is 5.26 Å². The van der Waals surface area contributed by atoms with Gasteiger partial charge < -0.3 is 0 Å². The van der Waals surface area contributed by atoms with E-state index in [1.807, 2.05) is 6.07 Å². The van der Waals surface area contributed by atoms with Gasteiger partial charge in [0.05, 0.1) is 16.3 Å². The van der Waals surface area contributed by atoms with E-state index in [2.05, 4.69) is 4.72 Å². The zero-order chi connectivity index (χ0) is 15.6. The summed E-state index contributed by atoms with van der Waals surface area (Å²) in [6.45, 7) is 1.72. The average Bonchev–Trinajstić information content (AvgIpc) is 2.41. The van der Waals surface area contributed by atoms with Gasteiger partial charge in [0.1, 0.15) is 11.0 Å². The van der Waals surface area contributed by atoms with Crippen molar-refractivity contribution in [2.45, 2.75) is 11.8 Å². The van der Waals surface area contributed by atoms with Gasteiger partial charge in [-0.15, -0.1) is 0 Å². The Morgan fingerprint density at radius 3 is 2.57 bits per heavy atom. The number of aryl methyl sites for hydroxylation is 1. The van der Waals surface area contributed by atoms with Gasteiger partial charge in [0, 0.05) is 5.02 Å². The number of rotatable bonds is 3. The second-order valence-corrected chi connectivity index (χ2v) is 6.78. The first-order valence-corrected chi connectivity index (χ1v) is 8.06. The predicted molar refractivity (Wildman–Crippen MR) is 83.2 cm³/mol. The minimum absolute atomic E-state index is 0.0538. The molecule has 0 heterocycles. The van der Waals surface area contributed by atoms with Crippen molar-refractivity contribution in [2.75, 3.05) is 4.72 Å². The molecule has 0 radical (unpaired) electrons. The molecule has 21 heavy (non-hydrogen) atoms. The smallest absolute Gasteiger partial charge is 0.263 e. The van der Waals surface area contributed by atoms with Crippen molar-refractivity contribution in [3.05, 3.63) is 57.6 Å². The number of hydrogen-bond acceptors (Lipinski definition) is 3. The first-order valence-electron chi connectivity index (χ1n) is 5.83. The van der Waals surface area contributed by atoms with E-state index in [1.165, 1.54) is 24.3 Å². The first-order chi connectivity index (χ1) is 9.85. The van der Waals surface area contributed by atoms with Crippen LogP contribution in [0.3, 0.4) is 0 Å². The van der Waals surface area contributed by atoms with Crippen LogP contribution in [0.5, 0.6) is 0 Å². The van der Waals surface area contributed by atoms with E-state index < -0.39 is 10.0 Å². The third-order valence-corrected chi connectivity index (χ3v) is 4.89. The minimum Gasteiger partial charge on any atom is -0.278 e. The highest BCUT2D eigenvalue weighted by molar-refractivity contribution is 7.92. The Kier molecular flexibility index (Phi) is 4.43. The molecule has 1 N–H and O–H groups in total. The fourth-order valence-corrected chi connectivity index (χ4v) is 3.62. The molecule has 0 aliphatic heterocycles. The molecule has 0 unspecified atom stereocenters.